The van der Waals surface area contributed by atoms with Gasteiger partial charge in [0.15, 0.2) is 11.4 Å². The lowest BCUT2D eigenvalue weighted by atomic mass is 9.55. The van der Waals surface area contributed by atoms with E-state index in [0.29, 0.717) is 19.1 Å². The number of carbonyl (C=O) groups excluding carboxylic acids is 1. The van der Waals surface area contributed by atoms with Crippen molar-refractivity contribution in [3.05, 3.63) is 53.1 Å². The Morgan fingerprint density at radius 2 is 1.84 bits per heavy atom. The van der Waals surface area contributed by atoms with Crippen LogP contribution in [0.25, 0.3) is 0 Å². The number of ketones is 1. The molecule has 4 atom stereocenters. The number of allylic oxidation sites excluding steroid dienone is 3. The van der Waals surface area contributed by atoms with Gasteiger partial charge in [-0.1, -0.05) is 43.2 Å². The molecule has 0 aromatic heterocycles. The molecule has 2 bridgehead atoms. The number of ether oxygens (including phenoxy) is 3. The van der Waals surface area contributed by atoms with Gasteiger partial charge in [0.05, 0.1) is 20.3 Å². The van der Waals surface area contributed by atoms with E-state index in [2.05, 4.69) is 33.8 Å². The van der Waals surface area contributed by atoms with Crippen LogP contribution >= 0.6 is 0 Å². The standard InChI is InChI=1S/C28H38O4/c1-20-7-6-8-21(2)17-25(29)27-16-14-22(3)26(4,15-13-20)28(27,32-27)19-31-18-23-9-11-24(30-5)12-10-23/h7,9-12,17,22H,6,8,13-16,18-19H2,1-5H3/b20-7+,21-17+/t22-,26+,27-,28-/m1/s1. The molecule has 0 amide bonds. The lowest BCUT2D eigenvalue weighted by Crippen LogP contribution is -2.54. The van der Waals surface area contributed by atoms with Gasteiger partial charge in [-0.25, -0.2) is 0 Å². The van der Waals surface area contributed by atoms with Crippen LogP contribution < -0.4 is 4.74 Å². The zero-order valence-electron chi connectivity index (χ0n) is 20.3. The average Bonchev–Trinajstić information content (AvgIpc) is 3.47. The Kier molecular flexibility index (Phi) is 6.39. The maximum atomic E-state index is 13.6. The Labute approximate surface area is 193 Å². The van der Waals surface area contributed by atoms with E-state index in [4.69, 9.17) is 14.2 Å². The highest BCUT2D eigenvalue weighted by molar-refractivity contribution is 6.01. The molecule has 0 unspecified atom stereocenters. The van der Waals surface area contributed by atoms with Gasteiger partial charge in [0.2, 0.25) is 0 Å². The van der Waals surface area contributed by atoms with Gasteiger partial charge in [-0.3, -0.25) is 4.79 Å². The summed E-state index contributed by atoms with van der Waals surface area (Å²) in [5.41, 5.74) is 2.26. The maximum absolute atomic E-state index is 13.6. The fourth-order valence-electron chi connectivity index (χ4n) is 5.92. The van der Waals surface area contributed by atoms with Crippen molar-refractivity contribution in [1.29, 1.82) is 0 Å². The third-order valence-electron chi connectivity index (χ3n) is 8.48. The summed E-state index contributed by atoms with van der Waals surface area (Å²) in [5.74, 6) is 1.45. The van der Waals surface area contributed by atoms with Gasteiger partial charge in [-0.15, -0.1) is 0 Å². The molecule has 1 saturated heterocycles. The molecule has 0 radical (unpaired) electrons. The van der Waals surface area contributed by atoms with E-state index in [9.17, 15) is 4.79 Å². The van der Waals surface area contributed by atoms with Gasteiger partial charge in [0, 0.05) is 5.41 Å². The molecule has 0 spiro atoms. The van der Waals surface area contributed by atoms with E-state index < -0.39 is 11.2 Å². The van der Waals surface area contributed by atoms with Crippen LogP contribution in [0.2, 0.25) is 0 Å². The van der Waals surface area contributed by atoms with Crippen molar-refractivity contribution < 1.29 is 19.0 Å². The predicted molar refractivity (Wildman–Crippen MR) is 127 cm³/mol. The molecule has 2 fully saturated rings. The third-order valence-corrected chi connectivity index (χ3v) is 8.48. The second-order valence-electron chi connectivity index (χ2n) is 10.4. The van der Waals surface area contributed by atoms with Gasteiger partial charge < -0.3 is 14.2 Å². The summed E-state index contributed by atoms with van der Waals surface area (Å²) in [4.78, 5) is 13.6. The van der Waals surface area contributed by atoms with Crippen molar-refractivity contribution in [2.24, 2.45) is 11.3 Å². The van der Waals surface area contributed by atoms with Crippen LogP contribution in [0.3, 0.4) is 0 Å². The van der Waals surface area contributed by atoms with Crippen LogP contribution in [0.4, 0.5) is 0 Å². The maximum Gasteiger partial charge on any atom is 0.190 e. The predicted octanol–water partition coefficient (Wildman–Crippen LogP) is 6.19. The quantitative estimate of drug-likeness (QED) is 0.406. The summed E-state index contributed by atoms with van der Waals surface area (Å²) < 4.78 is 18.2. The summed E-state index contributed by atoms with van der Waals surface area (Å²) in [6, 6.07) is 7.95. The molecule has 4 nitrogen and oxygen atoms in total. The highest BCUT2D eigenvalue weighted by atomic mass is 16.7. The van der Waals surface area contributed by atoms with E-state index in [-0.39, 0.29) is 11.2 Å². The Bertz CT molecular complexity index is 914. The summed E-state index contributed by atoms with van der Waals surface area (Å²) in [5, 5.41) is 0. The molecule has 1 heterocycles. The number of hydrogen-bond donors (Lipinski definition) is 0. The lowest BCUT2D eigenvalue weighted by molar-refractivity contribution is -0.121. The van der Waals surface area contributed by atoms with E-state index >= 15 is 0 Å². The van der Waals surface area contributed by atoms with Gasteiger partial charge in [-0.05, 0) is 82.1 Å². The summed E-state index contributed by atoms with van der Waals surface area (Å²) in [7, 11) is 1.67. The second-order valence-corrected chi connectivity index (χ2v) is 10.4. The van der Waals surface area contributed by atoms with Crippen molar-refractivity contribution in [1.82, 2.24) is 0 Å². The molecule has 4 rings (SSSR count). The minimum Gasteiger partial charge on any atom is -0.497 e. The second kappa shape index (κ2) is 8.79. The number of rotatable bonds is 5. The molecule has 1 aromatic carbocycles. The smallest absolute Gasteiger partial charge is 0.190 e. The van der Waals surface area contributed by atoms with Crippen molar-refractivity contribution in [2.75, 3.05) is 13.7 Å². The lowest BCUT2D eigenvalue weighted by Gasteiger charge is -2.46. The van der Waals surface area contributed by atoms with Crippen LogP contribution in [0, 0.1) is 11.3 Å². The monoisotopic (exact) mass is 438 g/mol. The van der Waals surface area contributed by atoms with E-state index in [0.717, 1.165) is 55.4 Å². The normalized spacial score (nSPS) is 38.3. The molecule has 0 N–H and O–H groups in total. The molecule has 3 aliphatic rings. The number of hydrogen-bond acceptors (Lipinski definition) is 4. The molecular weight excluding hydrogens is 400 g/mol. The van der Waals surface area contributed by atoms with Gasteiger partial charge in [0.25, 0.3) is 0 Å². The number of benzene rings is 1. The van der Waals surface area contributed by atoms with Crippen LogP contribution in [-0.4, -0.2) is 30.7 Å². The summed E-state index contributed by atoms with van der Waals surface area (Å²) in [6.45, 7) is 9.91. The molecule has 4 heteroatoms. The van der Waals surface area contributed by atoms with E-state index in [1.807, 2.05) is 30.3 Å². The SMILES string of the molecule is COc1ccc(COC[C@]23O[C@@]24CC[C@@H](C)[C@]3(C)CC/C(C)=C/CC/C(C)=C/C4=O)cc1. The minimum atomic E-state index is -0.730. The third kappa shape index (κ3) is 3.86. The fraction of sp³-hybridized carbons (Fsp3) is 0.607. The van der Waals surface area contributed by atoms with Gasteiger partial charge in [0.1, 0.15) is 11.4 Å². The van der Waals surface area contributed by atoms with Crippen molar-refractivity contribution in [2.45, 2.75) is 84.0 Å². The van der Waals surface area contributed by atoms with E-state index in [1.54, 1.807) is 7.11 Å². The first kappa shape index (κ1) is 23.3. The summed E-state index contributed by atoms with van der Waals surface area (Å²) in [6.07, 6.45) is 9.97. The molecule has 1 aromatic rings. The Hall–Kier alpha value is -1.91. The van der Waals surface area contributed by atoms with Gasteiger partial charge in [-0.2, -0.15) is 0 Å². The van der Waals surface area contributed by atoms with Crippen LogP contribution in [0.5, 0.6) is 5.75 Å². The van der Waals surface area contributed by atoms with Crippen molar-refractivity contribution in [3.63, 3.8) is 0 Å². The highest BCUT2D eigenvalue weighted by Gasteiger charge is 2.82. The van der Waals surface area contributed by atoms with Crippen molar-refractivity contribution >= 4 is 5.78 Å². The zero-order valence-corrected chi connectivity index (χ0v) is 20.3. The summed E-state index contributed by atoms with van der Waals surface area (Å²) >= 11 is 0. The Balaban J connectivity index is 1.62. The van der Waals surface area contributed by atoms with Crippen LogP contribution in [0.1, 0.15) is 71.8 Å². The number of methoxy groups -OCH3 is 1. The highest BCUT2D eigenvalue weighted by Crippen LogP contribution is 2.69. The first-order valence-corrected chi connectivity index (χ1v) is 12.0. The Morgan fingerprint density at radius 1 is 1.09 bits per heavy atom. The van der Waals surface area contributed by atoms with Crippen LogP contribution in [-0.2, 0) is 20.9 Å². The molecule has 32 heavy (non-hydrogen) atoms. The van der Waals surface area contributed by atoms with Gasteiger partial charge >= 0.3 is 0 Å². The topological polar surface area (TPSA) is 48.1 Å². The first-order valence-electron chi connectivity index (χ1n) is 12.0. The molecule has 1 aliphatic heterocycles. The molecular formula is C28H38O4. The minimum absolute atomic E-state index is 0.114. The zero-order chi connectivity index (χ0) is 23.0. The fourth-order valence-corrected chi connectivity index (χ4v) is 5.92. The van der Waals surface area contributed by atoms with Crippen molar-refractivity contribution in [3.8, 4) is 5.75 Å². The molecule has 174 valence electrons. The Morgan fingerprint density at radius 3 is 2.56 bits per heavy atom. The largest absolute Gasteiger partial charge is 0.497 e. The average molecular weight is 439 g/mol. The van der Waals surface area contributed by atoms with E-state index in [1.165, 1.54) is 5.57 Å². The molecule has 2 aliphatic carbocycles. The van der Waals surface area contributed by atoms with Crippen LogP contribution in [0.15, 0.2) is 47.6 Å². The first-order chi connectivity index (χ1) is 15.3. The molecule has 1 saturated carbocycles. The number of epoxide rings is 1. The number of carbonyl (C=O) groups is 1.